The highest BCUT2D eigenvalue weighted by molar-refractivity contribution is 5.95. The number of nitrogens with one attached hydrogen (secondary N) is 4. The number of aryl methyl sites for hydroxylation is 1. The molecule has 3 aromatic rings. The second-order valence-electron chi connectivity index (χ2n) is 10.8. The van der Waals surface area contributed by atoms with Crippen molar-refractivity contribution in [3.63, 3.8) is 0 Å². The fourth-order valence-corrected chi connectivity index (χ4v) is 4.23. The number of halogens is 1. The summed E-state index contributed by atoms with van der Waals surface area (Å²) in [6, 6.07) is 17.3. The average Bonchev–Trinajstić information content (AvgIpc) is 2.90. The molecule has 8 nitrogen and oxygen atoms in total. The zero-order chi connectivity index (χ0) is 29.3. The molecule has 2 atom stereocenters. The van der Waals surface area contributed by atoms with E-state index in [2.05, 4.69) is 21.3 Å². The van der Waals surface area contributed by atoms with Crippen molar-refractivity contribution in [2.24, 2.45) is 0 Å². The molecule has 3 aromatic carbocycles. The molecule has 0 aromatic heterocycles. The van der Waals surface area contributed by atoms with Gasteiger partial charge >= 0.3 is 0 Å². The van der Waals surface area contributed by atoms with E-state index in [9.17, 15) is 23.6 Å². The Morgan fingerprint density at radius 3 is 2.12 bits per heavy atom. The van der Waals surface area contributed by atoms with E-state index in [-0.39, 0.29) is 31.1 Å². The van der Waals surface area contributed by atoms with Crippen LogP contribution in [0, 0.1) is 5.82 Å². The van der Waals surface area contributed by atoms with E-state index in [4.69, 9.17) is 0 Å². The first-order valence-electron chi connectivity index (χ1n) is 13.3. The third-order valence-corrected chi connectivity index (χ3v) is 6.21. The van der Waals surface area contributed by atoms with Crippen molar-refractivity contribution < 1.29 is 23.6 Å². The number of hydrogen-bond acceptors (Lipinski definition) is 4. The molecular formula is C31H37FN4O4. The third-order valence-electron chi connectivity index (χ3n) is 6.21. The Morgan fingerprint density at radius 2 is 1.45 bits per heavy atom. The van der Waals surface area contributed by atoms with Crippen LogP contribution in [0.3, 0.4) is 0 Å². The van der Waals surface area contributed by atoms with Crippen LogP contribution in [0.1, 0.15) is 51.7 Å². The average molecular weight is 549 g/mol. The Hall–Kier alpha value is -4.27. The molecular weight excluding hydrogens is 511 g/mol. The van der Waals surface area contributed by atoms with Crippen LogP contribution in [0.5, 0.6) is 0 Å². The molecule has 212 valence electrons. The highest BCUT2D eigenvalue weighted by Crippen LogP contribution is 2.21. The summed E-state index contributed by atoms with van der Waals surface area (Å²) in [7, 11) is 0. The zero-order valence-corrected chi connectivity index (χ0v) is 23.3. The fraction of sp³-hybridized carbons (Fsp3) is 0.355. The maximum atomic E-state index is 14.1. The maximum Gasteiger partial charge on any atom is 0.243 e. The predicted molar refractivity (Wildman–Crippen MR) is 153 cm³/mol. The van der Waals surface area contributed by atoms with Gasteiger partial charge in [0.1, 0.15) is 17.9 Å². The lowest BCUT2D eigenvalue weighted by molar-refractivity contribution is -0.134. The Kier molecular flexibility index (Phi) is 10.4. The number of amides is 4. The van der Waals surface area contributed by atoms with Crippen molar-refractivity contribution in [2.75, 3.05) is 0 Å². The largest absolute Gasteiger partial charge is 0.351 e. The second kappa shape index (κ2) is 13.7. The van der Waals surface area contributed by atoms with E-state index >= 15 is 0 Å². The lowest BCUT2D eigenvalue weighted by Gasteiger charge is -2.24. The van der Waals surface area contributed by atoms with Crippen LogP contribution < -0.4 is 21.3 Å². The van der Waals surface area contributed by atoms with Crippen molar-refractivity contribution in [3.05, 3.63) is 83.7 Å². The summed E-state index contributed by atoms with van der Waals surface area (Å²) in [4.78, 5) is 51.2. The normalized spacial score (nSPS) is 12.7. The third kappa shape index (κ3) is 9.18. The molecule has 0 bridgehead atoms. The van der Waals surface area contributed by atoms with Crippen LogP contribution in [-0.4, -0.2) is 41.3 Å². The number of hydrogen-bond donors (Lipinski definition) is 4. The van der Waals surface area contributed by atoms with E-state index < -0.39 is 35.3 Å². The molecule has 40 heavy (non-hydrogen) atoms. The van der Waals surface area contributed by atoms with E-state index in [0.717, 1.165) is 11.1 Å². The summed E-state index contributed by atoms with van der Waals surface area (Å²) in [6.45, 7) is 7.09. The summed E-state index contributed by atoms with van der Waals surface area (Å²) in [6.07, 6.45) is 0.332. The minimum atomic E-state index is -1.16. The van der Waals surface area contributed by atoms with Gasteiger partial charge in [-0.15, -0.1) is 0 Å². The van der Waals surface area contributed by atoms with Crippen LogP contribution >= 0.6 is 0 Å². The van der Waals surface area contributed by atoms with Crippen LogP contribution in [0.25, 0.3) is 10.8 Å². The molecule has 0 saturated carbocycles. The number of carbonyl (C=O) groups is 4. The van der Waals surface area contributed by atoms with Crippen LogP contribution in [0.2, 0.25) is 0 Å². The highest BCUT2D eigenvalue weighted by Gasteiger charge is 2.28. The van der Waals surface area contributed by atoms with Crippen LogP contribution in [0.15, 0.2) is 66.7 Å². The SMILES string of the molecule is C[C@H](NC(=O)[C@H](CC(=O)NC(C)(C)C)NC(=O)CCc1ccccc1)C(=O)NCc1ccc(F)c2ccccc12. The molecule has 0 saturated heterocycles. The molecule has 0 spiro atoms. The Labute approximate surface area is 234 Å². The van der Waals surface area contributed by atoms with Gasteiger partial charge in [-0.1, -0.05) is 60.7 Å². The smallest absolute Gasteiger partial charge is 0.243 e. The van der Waals surface area contributed by atoms with Gasteiger partial charge in [-0.05, 0) is 56.7 Å². The lowest BCUT2D eigenvalue weighted by Crippen LogP contribution is -2.54. The topological polar surface area (TPSA) is 116 Å². The monoisotopic (exact) mass is 548 g/mol. The molecule has 0 fully saturated rings. The van der Waals surface area contributed by atoms with Gasteiger partial charge in [-0.25, -0.2) is 4.39 Å². The van der Waals surface area contributed by atoms with Gasteiger partial charge in [-0.2, -0.15) is 0 Å². The molecule has 0 radical (unpaired) electrons. The quantitative estimate of drug-likeness (QED) is 0.293. The predicted octanol–water partition coefficient (Wildman–Crippen LogP) is 3.52. The van der Waals surface area contributed by atoms with Crippen molar-refractivity contribution in [1.82, 2.24) is 21.3 Å². The van der Waals surface area contributed by atoms with Gasteiger partial charge in [0.25, 0.3) is 0 Å². The molecule has 0 aliphatic carbocycles. The van der Waals surface area contributed by atoms with Crippen molar-refractivity contribution in [1.29, 1.82) is 0 Å². The van der Waals surface area contributed by atoms with E-state index in [0.29, 0.717) is 17.2 Å². The maximum absolute atomic E-state index is 14.1. The highest BCUT2D eigenvalue weighted by atomic mass is 19.1. The molecule has 0 aliphatic heterocycles. The van der Waals surface area contributed by atoms with Crippen LogP contribution in [0.4, 0.5) is 4.39 Å². The number of rotatable bonds is 11. The molecule has 4 amide bonds. The van der Waals surface area contributed by atoms with Gasteiger partial charge in [0.2, 0.25) is 23.6 Å². The first-order chi connectivity index (χ1) is 18.9. The van der Waals surface area contributed by atoms with Gasteiger partial charge in [-0.3, -0.25) is 19.2 Å². The minimum absolute atomic E-state index is 0.132. The lowest BCUT2D eigenvalue weighted by atomic mass is 10.0. The number of benzene rings is 3. The Morgan fingerprint density at radius 1 is 0.800 bits per heavy atom. The van der Waals surface area contributed by atoms with Crippen molar-refractivity contribution in [2.45, 2.75) is 71.1 Å². The van der Waals surface area contributed by atoms with E-state index in [1.807, 2.05) is 51.1 Å². The number of carbonyl (C=O) groups excluding carboxylic acids is 4. The van der Waals surface area contributed by atoms with Crippen molar-refractivity contribution >= 4 is 34.4 Å². The molecule has 0 unspecified atom stereocenters. The fourth-order valence-electron chi connectivity index (χ4n) is 4.23. The summed E-state index contributed by atoms with van der Waals surface area (Å²) < 4.78 is 14.1. The summed E-state index contributed by atoms with van der Waals surface area (Å²) in [5.41, 5.74) is 1.18. The zero-order valence-electron chi connectivity index (χ0n) is 23.3. The summed E-state index contributed by atoms with van der Waals surface area (Å²) in [5, 5.41) is 11.9. The van der Waals surface area contributed by atoms with Gasteiger partial charge in [0.05, 0.1) is 6.42 Å². The first kappa shape index (κ1) is 30.3. The Bertz CT molecular complexity index is 1350. The molecule has 9 heteroatoms. The van der Waals surface area contributed by atoms with Gasteiger partial charge in [0.15, 0.2) is 0 Å². The van der Waals surface area contributed by atoms with Crippen molar-refractivity contribution in [3.8, 4) is 0 Å². The Balaban J connectivity index is 1.62. The minimum Gasteiger partial charge on any atom is -0.351 e. The van der Waals surface area contributed by atoms with Crippen LogP contribution in [-0.2, 0) is 32.1 Å². The first-order valence-corrected chi connectivity index (χ1v) is 13.3. The van der Waals surface area contributed by atoms with E-state index in [1.165, 1.54) is 13.0 Å². The summed E-state index contributed by atoms with van der Waals surface area (Å²) in [5.74, 6) is -2.25. The second-order valence-corrected chi connectivity index (χ2v) is 10.8. The standard InChI is InChI=1S/C31H37FN4O4/c1-20(29(39)33-19-22-15-16-25(32)24-13-9-8-12-23(22)24)34-30(40)26(18-28(38)36-31(2,3)4)35-27(37)17-14-21-10-6-5-7-11-21/h5-13,15-16,20,26H,14,17-19H2,1-4H3,(H,33,39)(H,34,40)(H,35,37)(H,36,38)/t20-,26-/m0/s1. The van der Waals surface area contributed by atoms with Gasteiger partial charge < -0.3 is 21.3 Å². The molecule has 0 aliphatic rings. The summed E-state index contributed by atoms with van der Waals surface area (Å²) >= 11 is 0. The van der Waals surface area contributed by atoms with E-state index in [1.54, 1.807) is 30.3 Å². The molecule has 0 heterocycles. The molecule has 4 N–H and O–H groups in total. The number of fused-ring (bicyclic) bond motifs is 1. The van der Waals surface area contributed by atoms with Gasteiger partial charge in [0, 0.05) is 23.9 Å². The molecule has 3 rings (SSSR count).